The van der Waals surface area contributed by atoms with Gasteiger partial charge in [0.25, 0.3) is 12.3 Å². The van der Waals surface area contributed by atoms with Crippen molar-refractivity contribution in [3.05, 3.63) is 57.0 Å². The van der Waals surface area contributed by atoms with Crippen LogP contribution in [-0.4, -0.2) is 31.5 Å². The average Bonchev–Trinajstić information content (AvgIpc) is 3.46. The molecule has 0 bridgehead atoms. The number of primary amides is 1. The van der Waals surface area contributed by atoms with Gasteiger partial charge in [-0.15, -0.1) is 11.3 Å². The number of halogens is 2. The highest BCUT2D eigenvalue weighted by molar-refractivity contribution is 7.21. The number of fused-ring (bicyclic) bond motifs is 1. The number of nitrogens with zero attached hydrogens (tertiary/aromatic N) is 4. The van der Waals surface area contributed by atoms with Crippen LogP contribution < -0.4 is 11.1 Å². The summed E-state index contributed by atoms with van der Waals surface area (Å²) >= 11 is 0.747. The first kappa shape index (κ1) is 22.0. The maximum Gasteiger partial charge on any atom is 0.309 e. The highest BCUT2D eigenvalue weighted by atomic mass is 32.1. The number of thiophene rings is 1. The molecular formula is C19H14F2N6O5S. The molecule has 0 fully saturated rings. The van der Waals surface area contributed by atoms with Crippen LogP contribution >= 0.6 is 11.3 Å². The number of hydrogen-bond acceptors (Lipinski definition) is 8. The van der Waals surface area contributed by atoms with Gasteiger partial charge in [-0.25, -0.2) is 13.8 Å². The summed E-state index contributed by atoms with van der Waals surface area (Å²) in [5.74, 6) is -1.37. The molecule has 3 N–H and O–H groups in total. The third kappa shape index (κ3) is 4.15. The zero-order chi connectivity index (χ0) is 23.9. The Kier molecular flexibility index (Phi) is 5.59. The van der Waals surface area contributed by atoms with Crippen molar-refractivity contribution in [1.29, 1.82) is 0 Å². The molecule has 0 spiro atoms. The number of nitro groups is 1. The second-order valence-corrected chi connectivity index (χ2v) is 7.82. The predicted molar refractivity (Wildman–Crippen MR) is 113 cm³/mol. The maximum atomic E-state index is 13.4. The van der Waals surface area contributed by atoms with E-state index in [1.807, 2.05) is 0 Å². The third-order valence-electron chi connectivity index (χ3n) is 4.60. The van der Waals surface area contributed by atoms with Gasteiger partial charge in [0.15, 0.2) is 0 Å². The fourth-order valence-electron chi connectivity index (χ4n) is 3.24. The number of aromatic nitrogens is 3. The number of pyridine rings is 1. The summed E-state index contributed by atoms with van der Waals surface area (Å²) in [5, 5.41) is 17.7. The molecule has 170 valence electrons. The Morgan fingerprint density at radius 1 is 1.42 bits per heavy atom. The van der Waals surface area contributed by atoms with Crippen molar-refractivity contribution in [3.8, 4) is 11.3 Å². The van der Waals surface area contributed by atoms with Gasteiger partial charge in [-0.1, -0.05) is 0 Å². The topological polar surface area (TPSA) is 159 Å². The van der Waals surface area contributed by atoms with Crippen LogP contribution in [0.15, 0.2) is 35.1 Å². The van der Waals surface area contributed by atoms with Crippen LogP contribution in [0.1, 0.15) is 27.5 Å². The third-order valence-corrected chi connectivity index (χ3v) is 5.70. The molecule has 0 unspecified atom stereocenters. The normalized spacial score (nSPS) is 11.3. The molecule has 4 heterocycles. The van der Waals surface area contributed by atoms with Crippen LogP contribution in [0.2, 0.25) is 0 Å². The lowest BCUT2D eigenvalue weighted by Gasteiger charge is -2.09. The largest absolute Gasteiger partial charge is 0.464 e. The second kappa shape index (κ2) is 8.38. The van der Waals surface area contributed by atoms with E-state index in [0.717, 1.165) is 28.3 Å². The molecule has 0 saturated heterocycles. The van der Waals surface area contributed by atoms with Crippen molar-refractivity contribution >= 4 is 44.7 Å². The standard InChI is InChI=1S/C19H14F2N6O5S/c1-8-11(27(30)31)6-26(25-8)7-13(28)24-15-14-9(12-3-2-4-32-12)5-10(17(20)21)23-19(14)33-16(15)18(22)29/h2-6,17H,7H2,1H3,(H2,22,29)(H,24,28). The van der Waals surface area contributed by atoms with Crippen molar-refractivity contribution in [2.75, 3.05) is 5.32 Å². The summed E-state index contributed by atoms with van der Waals surface area (Å²) in [4.78, 5) is 39.0. The zero-order valence-corrected chi connectivity index (χ0v) is 17.6. The number of nitrogens with one attached hydrogen (secondary N) is 1. The average molecular weight is 476 g/mol. The summed E-state index contributed by atoms with van der Waals surface area (Å²) in [5.41, 5.74) is 4.94. The van der Waals surface area contributed by atoms with E-state index in [2.05, 4.69) is 15.4 Å². The molecule has 14 heteroatoms. The Balaban J connectivity index is 1.80. The van der Waals surface area contributed by atoms with E-state index in [-0.39, 0.29) is 43.5 Å². The number of anilines is 1. The number of hydrogen-bond donors (Lipinski definition) is 2. The lowest BCUT2D eigenvalue weighted by molar-refractivity contribution is -0.385. The van der Waals surface area contributed by atoms with E-state index >= 15 is 0 Å². The Bertz CT molecular complexity index is 1400. The lowest BCUT2D eigenvalue weighted by Crippen LogP contribution is -2.21. The van der Waals surface area contributed by atoms with Crippen LogP contribution in [-0.2, 0) is 11.3 Å². The molecular weight excluding hydrogens is 462 g/mol. The van der Waals surface area contributed by atoms with E-state index in [1.165, 1.54) is 19.3 Å². The number of amides is 2. The van der Waals surface area contributed by atoms with Gasteiger partial charge in [0.05, 0.1) is 16.9 Å². The highest BCUT2D eigenvalue weighted by Gasteiger charge is 2.26. The van der Waals surface area contributed by atoms with Gasteiger partial charge in [0.2, 0.25) is 5.91 Å². The van der Waals surface area contributed by atoms with Gasteiger partial charge in [-0.05, 0) is 25.1 Å². The SMILES string of the molecule is Cc1nn(CC(=O)Nc2c(C(N)=O)sc3nc(C(F)F)cc(-c4ccco4)c23)cc1[N+](=O)[O-]. The number of carbonyl (C=O) groups is 2. The summed E-state index contributed by atoms with van der Waals surface area (Å²) in [6.45, 7) is 1.01. The van der Waals surface area contributed by atoms with E-state index < -0.39 is 35.4 Å². The molecule has 2 amide bonds. The maximum absolute atomic E-state index is 13.4. The van der Waals surface area contributed by atoms with Gasteiger partial charge in [0.1, 0.15) is 39.6 Å². The molecule has 0 radical (unpaired) electrons. The first-order valence-electron chi connectivity index (χ1n) is 9.23. The predicted octanol–water partition coefficient (Wildman–Crippen LogP) is 3.64. The van der Waals surface area contributed by atoms with E-state index in [0.29, 0.717) is 0 Å². The van der Waals surface area contributed by atoms with Crippen molar-refractivity contribution in [2.45, 2.75) is 19.9 Å². The van der Waals surface area contributed by atoms with Gasteiger partial charge in [-0.3, -0.25) is 24.4 Å². The van der Waals surface area contributed by atoms with Crippen molar-refractivity contribution in [3.63, 3.8) is 0 Å². The monoisotopic (exact) mass is 476 g/mol. The summed E-state index contributed by atoms with van der Waals surface area (Å²) in [6, 6.07) is 4.19. The number of furan rings is 1. The molecule has 0 aliphatic rings. The van der Waals surface area contributed by atoms with Gasteiger partial charge >= 0.3 is 5.69 Å². The smallest absolute Gasteiger partial charge is 0.309 e. The Hall–Kier alpha value is -4.20. The van der Waals surface area contributed by atoms with Crippen LogP contribution in [0.5, 0.6) is 0 Å². The van der Waals surface area contributed by atoms with Gasteiger partial charge in [-0.2, -0.15) is 5.10 Å². The van der Waals surface area contributed by atoms with Crippen molar-refractivity contribution < 1.29 is 27.7 Å². The minimum atomic E-state index is -2.89. The second-order valence-electron chi connectivity index (χ2n) is 6.83. The number of carbonyl (C=O) groups excluding carboxylic acids is 2. The number of alkyl halides is 2. The van der Waals surface area contributed by atoms with Crippen LogP contribution in [0, 0.1) is 17.0 Å². The Morgan fingerprint density at radius 3 is 2.76 bits per heavy atom. The molecule has 0 saturated carbocycles. The molecule has 0 aliphatic heterocycles. The van der Waals surface area contributed by atoms with Gasteiger partial charge in [0, 0.05) is 10.9 Å². The number of rotatable bonds is 7. The fraction of sp³-hybridized carbons (Fsp3) is 0.158. The molecule has 4 rings (SSSR count). The lowest BCUT2D eigenvalue weighted by atomic mass is 10.1. The molecule has 0 atom stereocenters. The molecule has 4 aromatic heterocycles. The molecule has 11 nitrogen and oxygen atoms in total. The Labute approximate surface area is 187 Å². The first-order chi connectivity index (χ1) is 15.7. The van der Waals surface area contributed by atoms with Crippen molar-refractivity contribution in [1.82, 2.24) is 14.8 Å². The molecule has 33 heavy (non-hydrogen) atoms. The molecule has 4 aromatic rings. The van der Waals surface area contributed by atoms with E-state index in [1.54, 1.807) is 6.07 Å². The number of nitrogens with two attached hydrogens (primary N) is 1. The molecule has 0 aromatic carbocycles. The first-order valence-corrected chi connectivity index (χ1v) is 10.0. The molecule has 0 aliphatic carbocycles. The quantitative estimate of drug-likeness (QED) is 0.304. The Morgan fingerprint density at radius 2 is 2.18 bits per heavy atom. The van der Waals surface area contributed by atoms with Crippen LogP contribution in [0.25, 0.3) is 21.5 Å². The fourth-order valence-corrected chi connectivity index (χ4v) is 4.26. The van der Waals surface area contributed by atoms with Crippen LogP contribution in [0.3, 0.4) is 0 Å². The summed E-state index contributed by atoms with van der Waals surface area (Å²) in [6.07, 6.45) is -0.449. The summed E-state index contributed by atoms with van der Waals surface area (Å²) < 4.78 is 33.3. The minimum absolute atomic E-state index is 0.0226. The number of aryl methyl sites for hydroxylation is 1. The van der Waals surface area contributed by atoms with E-state index in [9.17, 15) is 28.5 Å². The summed E-state index contributed by atoms with van der Waals surface area (Å²) in [7, 11) is 0. The zero-order valence-electron chi connectivity index (χ0n) is 16.7. The van der Waals surface area contributed by atoms with E-state index in [4.69, 9.17) is 10.2 Å². The van der Waals surface area contributed by atoms with Crippen molar-refractivity contribution in [2.24, 2.45) is 5.73 Å². The van der Waals surface area contributed by atoms with Crippen LogP contribution in [0.4, 0.5) is 20.2 Å². The van der Waals surface area contributed by atoms with Gasteiger partial charge < -0.3 is 15.5 Å². The minimum Gasteiger partial charge on any atom is -0.464 e. The highest BCUT2D eigenvalue weighted by Crippen LogP contribution is 2.42.